The zero-order valence-corrected chi connectivity index (χ0v) is 19.0. The van der Waals surface area contributed by atoms with E-state index in [1.165, 1.54) is 55.5 Å². The van der Waals surface area contributed by atoms with Crippen molar-refractivity contribution in [1.82, 2.24) is 20.4 Å². The summed E-state index contributed by atoms with van der Waals surface area (Å²) in [5, 5.41) is 14.9. The highest BCUT2D eigenvalue weighted by atomic mass is 32.2. The molecule has 2 amide bonds. The highest BCUT2D eigenvalue weighted by Gasteiger charge is 2.14. The minimum Gasteiger partial charge on any atom is -0.355 e. The van der Waals surface area contributed by atoms with Gasteiger partial charge in [-0.25, -0.2) is 0 Å². The molecule has 1 aliphatic rings. The van der Waals surface area contributed by atoms with Crippen LogP contribution in [0.4, 0.5) is 5.69 Å². The molecule has 2 heterocycles. The summed E-state index contributed by atoms with van der Waals surface area (Å²) in [6.07, 6.45) is 4.93. The molecule has 0 radical (unpaired) electrons. The fourth-order valence-corrected chi connectivity index (χ4v) is 4.86. The number of likely N-dealkylation sites (tertiary alicyclic amines) is 1. The third kappa shape index (κ3) is 7.70. The third-order valence-electron chi connectivity index (χ3n) is 4.85. The second-order valence-electron chi connectivity index (χ2n) is 7.42. The van der Waals surface area contributed by atoms with Gasteiger partial charge in [0, 0.05) is 18.0 Å². The SMILES string of the molecule is Cc1ccc(NC(=O)c2nnc(CSCC(=O)NCCCN3CCCCC3)s2)cc1. The molecule has 0 aliphatic carbocycles. The molecule has 0 atom stereocenters. The monoisotopic (exact) mass is 447 g/mol. The lowest BCUT2D eigenvalue weighted by Gasteiger charge is -2.26. The van der Waals surface area contributed by atoms with E-state index in [0.29, 0.717) is 16.5 Å². The highest BCUT2D eigenvalue weighted by Crippen LogP contribution is 2.18. The number of anilines is 1. The van der Waals surface area contributed by atoms with Crippen molar-refractivity contribution >= 4 is 40.6 Å². The van der Waals surface area contributed by atoms with E-state index in [4.69, 9.17) is 0 Å². The molecule has 3 rings (SSSR count). The lowest BCUT2D eigenvalue weighted by molar-refractivity contribution is -0.118. The van der Waals surface area contributed by atoms with Crippen LogP contribution in [0.1, 0.15) is 46.1 Å². The minimum absolute atomic E-state index is 0.0421. The van der Waals surface area contributed by atoms with Crippen molar-refractivity contribution in [3.8, 4) is 0 Å². The molecule has 0 saturated carbocycles. The van der Waals surface area contributed by atoms with Crippen molar-refractivity contribution in [2.45, 2.75) is 38.4 Å². The van der Waals surface area contributed by atoms with Gasteiger partial charge in [0.05, 0.1) is 5.75 Å². The zero-order chi connectivity index (χ0) is 21.2. The molecule has 2 aromatic rings. The van der Waals surface area contributed by atoms with Crippen LogP contribution in [0.25, 0.3) is 0 Å². The number of hydrogen-bond donors (Lipinski definition) is 2. The lowest BCUT2D eigenvalue weighted by atomic mass is 10.1. The fraction of sp³-hybridized carbons (Fsp3) is 0.524. The van der Waals surface area contributed by atoms with Gasteiger partial charge in [-0.05, 0) is 58.0 Å². The average Bonchev–Trinajstić information content (AvgIpc) is 3.23. The number of rotatable bonds is 10. The number of hydrogen-bond acceptors (Lipinski definition) is 7. The maximum absolute atomic E-state index is 12.3. The standard InChI is InChI=1S/C21H29N5O2S2/c1-16-6-8-17(9-7-16)23-20(28)21-25-24-19(30-21)15-29-14-18(27)22-10-5-13-26-11-3-2-4-12-26/h6-9H,2-5,10-15H2,1H3,(H,22,27)(H,23,28). The Morgan fingerprint density at radius 2 is 1.90 bits per heavy atom. The average molecular weight is 448 g/mol. The van der Waals surface area contributed by atoms with Crippen LogP contribution in [-0.2, 0) is 10.5 Å². The summed E-state index contributed by atoms with van der Waals surface area (Å²) in [4.78, 5) is 26.7. The molecule has 162 valence electrons. The van der Waals surface area contributed by atoms with E-state index in [2.05, 4.69) is 25.7 Å². The topological polar surface area (TPSA) is 87.2 Å². The number of amides is 2. The predicted molar refractivity (Wildman–Crippen MR) is 123 cm³/mol. The Hall–Kier alpha value is -1.97. The number of benzene rings is 1. The van der Waals surface area contributed by atoms with Crippen LogP contribution in [0.15, 0.2) is 24.3 Å². The molecule has 1 aliphatic heterocycles. The number of carbonyl (C=O) groups excluding carboxylic acids is 2. The van der Waals surface area contributed by atoms with E-state index in [0.717, 1.165) is 35.8 Å². The number of nitrogens with zero attached hydrogens (tertiary/aromatic N) is 3. The number of thioether (sulfide) groups is 1. The van der Waals surface area contributed by atoms with Crippen LogP contribution in [0.3, 0.4) is 0 Å². The van der Waals surface area contributed by atoms with E-state index in [1.807, 2.05) is 31.2 Å². The molecule has 30 heavy (non-hydrogen) atoms. The Morgan fingerprint density at radius 1 is 1.13 bits per heavy atom. The molecule has 1 saturated heterocycles. The molecule has 0 spiro atoms. The molecule has 0 unspecified atom stereocenters. The maximum Gasteiger partial charge on any atom is 0.286 e. The molecule has 1 aromatic carbocycles. The first-order chi connectivity index (χ1) is 14.6. The molecule has 7 nitrogen and oxygen atoms in total. The van der Waals surface area contributed by atoms with Gasteiger partial charge in [0.2, 0.25) is 10.9 Å². The van der Waals surface area contributed by atoms with Crippen LogP contribution in [0.2, 0.25) is 0 Å². The fourth-order valence-electron chi connectivity index (χ4n) is 3.22. The predicted octanol–water partition coefficient (Wildman–Crippen LogP) is 3.32. The Morgan fingerprint density at radius 3 is 2.67 bits per heavy atom. The van der Waals surface area contributed by atoms with E-state index < -0.39 is 0 Å². The Bertz CT molecular complexity index is 819. The molecular weight excluding hydrogens is 418 g/mol. The van der Waals surface area contributed by atoms with Crippen LogP contribution in [-0.4, -0.2) is 58.8 Å². The molecule has 1 aromatic heterocycles. The summed E-state index contributed by atoms with van der Waals surface area (Å²) in [6, 6.07) is 7.60. The molecule has 0 bridgehead atoms. The minimum atomic E-state index is -0.265. The van der Waals surface area contributed by atoms with Crippen molar-refractivity contribution in [3.05, 3.63) is 39.8 Å². The van der Waals surface area contributed by atoms with E-state index in [9.17, 15) is 9.59 Å². The van der Waals surface area contributed by atoms with Crippen molar-refractivity contribution in [3.63, 3.8) is 0 Å². The maximum atomic E-state index is 12.3. The van der Waals surface area contributed by atoms with Gasteiger partial charge in [0.25, 0.3) is 5.91 Å². The van der Waals surface area contributed by atoms with Crippen molar-refractivity contribution in [2.75, 3.05) is 37.2 Å². The normalized spacial score (nSPS) is 14.4. The second-order valence-corrected chi connectivity index (χ2v) is 9.47. The van der Waals surface area contributed by atoms with Crippen LogP contribution in [0, 0.1) is 6.92 Å². The van der Waals surface area contributed by atoms with Gasteiger partial charge in [0.1, 0.15) is 5.01 Å². The van der Waals surface area contributed by atoms with E-state index in [-0.39, 0.29) is 11.8 Å². The molecular formula is C21H29N5O2S2. The Labute approximate surface area is 186 Å². The summed E-state index contributed by atoms with van der Waals surface area (Å²) >= 11 is 2.74. The Balaban J connectivity index is 1.30. The molecule has 9 heteroatoms. The quantitative estimate of drug-likeness (QED) is 0.543. The van der Waals surface area contributed by atoms with Crippen molar-refractivity contribution in [2.24, 2.45) is 0 Å². The number of aromatic nitrogens is 2. The molecule has 1 fully saturated rings. The summed E-state index contributed by atoms with van der Waals surface area (Å²) in [5.41, 5.74) is 1.86. The third-order valence-corrected chi connectivity index (χ3v) is 6.90. The van der Waals surface area contributed by atoms with Gasteiger partial charge in [-0.15, -0.1) is 22.0 Å². The smallest absolute Gasteiger partial charge is 0.286 e. The number of nitrogens with one attached hydrogen (secondary N) is 2. The largest absolute Gasteiger partial charge is 0.355 e. The highest BCUT2D eigenvalue weighted by molar-refractivity contribution is 7.99. The van der Waals surface area contributed by atoms with Gasteiger partial charge in [-0.2, -0.15) is 0 Å². The summed E-state index contributed by atoms with van der Waals surface area (Å²) in [5.74, 6) is 0.727. The first-order valence-electron chi connectivity index (χ1n) is 10.4. The summed E-state index contributed by atoms with van der Waals surface area (Å²) in [7, 11) is 0. The number of carbonyl (C=O) groups is 2. The van der Waals surface area contributed by atoms with E-state index in [1.54, 1.807) is 0 Å². The van der Waals surface area contributed by atoms with Crippen LogP contribution < -0.4 is 10.6 Å². The number of piperidine rings is 1. The van der Waals surface area contributed by atoms with Gasteiger partial charge in [-0.1, -0.05) is 35.5 Å². The Kier molecular flexibility index (Phi) is 9.10. The van der Waals surface area contributed by atoms with Gasteiger partial charge in [-0.3, -0.25) is 9.59 Å². The van der Waals surface area contributed by atoms with Crippen LogP contribution in [0.5, 0.6) is 0 Å². The first kappa shape index (κ1) is 22.7. The summed E-state index contributed by atoms with van der Waals surface area (Å²) < 4.78 is 0. The number of aryl methyl sites for hydroxylation is 1. The van der Waals surface area contributed by atoms with Crippen molar-refractivity contribution in [1.29, 1.82) is 0 Å². The lowest BCUT2D eigenvalue weighted by Crippen LogP contribution is -2.33. The van der Waals surface area contributed by atoms with Gasteiger partial charge < -0.3 is 15.5 Å². The second kappa shape index (κ2) is 12.0. The van der Waals surface area contributed by atoms with Gasteiger partial charge in [0.15, 0.2) is 0 Å². The zero-order valence-electron chi connectivity index (χ0n) is 17.4. The first-order valence-corrected chi connectivity index (χ1v) is 12.3. The van der Waals surface area contributed by atoms with Crippen molar-refractivity contribution < 1.29 is 9.59 Å². The molecule has 2 N–H and O–H groups in total. The summed E-state index contributed by atoms with van der Waals surface area (Å²) in [6.45, 7) is 6.16. The van der Waals surface area contributed by atoms with Gasteiger partial charge >= 0.3 is 0 Å². The van der Waals surface area contributed by atoms with E-state index >= 15 is 0 Å². The van der Waals surface area contributed by atoms with Crippen LogP contribution >= 0.6 is 23.1 Å².